The Labute approximate surface area is 164 Å². The molecule has 4 rings (SSSR count). The van der Waals surface area contributed by atoms with Crippen molar-refractivity contribution in [2.75, 3.05) is 23.4 Å². The number of rotatable bonds is 4. The normalized spacial score (nSPS) is 15.0. The number of ether oxygens (including phenoxy) is 1. The number of nitrogens with zero attached hydrogens (tertiary/aromatic N) is 2. The Morgan fingerprint density at radius 2 is 2.11 bits per heavy atom. The van der Waals surface area contributed by atoms with Gasteiger partial charge in [0.1, 0.15) is 12.4 Å². The van der Waals surface area contributed by atoms with Crippen LogP contribution in [0.2, 0.25) is 5.02 Å². The molecular formula is C19H16ClFN4O3. The van der Waals surface area contributed by atoms with Crippen LogP contribution in [-0.2, 0) is 4.74 Å². The van der Waals surface area contributed by atoms with Gasteiger partial charge in [-0.15, -0.1) is 0 Å². The Hall–Kier alpha value is -3.13. The Morgan fingerprint density at radius 1 is 1.29 bits per heavy atom. The largest absolute Gasteiger partial charge is 0.447 e. The fraction of sp³-hybridized carbons (Fsp3) is 0.211. The predicted molar refractivity (Wildman–Crippen MR) is 105 cm³/mol. The lowest BCUT2D eigenvalue weighted by molar-refractivity contribution is 0.181. The van der Waals surface area contributed by atoms with Gasteiger partial charge in [-0.3, -0.25) is 9.69 Å². The monoisotopic (exact) mass is 402 g/mol. The summed E-state index contributed by atoms with van der Waals surface area (Å²) >= 11 is 6.03. The molecule has 1 aromatic carbocycles. The molecule has 144 valence electrons. The van der Waals surface area contributed by atoms with E-state index in [0.717, 1.165) is 11.5 Å². The molecule has 9 heteroatoms. The summed E-state index contributed by atoms with van der Waals surface area (Å²) in [6.45, 7) is 2.34. The molecule has 1 saturated heterocycles. The summed E-state index contributed by atoms with van der Waals surface area (Å²) in [6, 6.07) is 9.14. The maximum atomic E-state index is 14.0. The number of anilines is 2. The number of amides is 1. The zero-order chi connectivity index (χ0) is 19.8. The van der Waals surface area contributed by atoms with Crippen LogP contribution in [0.5, 0.6) is 0 Å². The lowest BCUT2D eigenvalue weighted by atomic mass is 10.1. The predicted octanol–water partition coefficient (Wildman–Crippen LogP) is 3.85. The van der Waals surface area contributed by atoms with E-state index in [1.807, 2.05) is 0 Å². The van der Waals surface area contributed by atoms with Crippen molar-refractivity contribution in [1.82, 2.24) is 9.97 Å². The number of nitrogens with one attached hydrogen (secondary N) is 2. The first-order chi connectivity index (χ1) is 13.4. The summed E-state index contributed by atoms with van der Waals surface area (Å²) in [7, 11) is 0. The van der Waals surface area contributed by atoms with Gasteiger partial charge in [-0.1, -0.05) is 11.6 Å². The third kappa shape index (κ3) is 3.50. The first-order valence-electron chi connectivity index (χ1n) is 8.61. The van der Waals surface area contributed by atoms with Crippen molar-refractivity contribution in [2.45, 2.75) is 13.0 Å². The second-order valence-corrected chi connectivity index (χ2v) is 6.89. The van der Waals surface area contributed by atoms with Gasteiger partial charge in [-0.2, -0.15) is 4.39 Å². The number of carbonyl (C=O) groups is 1. The van der Waals surface area contributed by atoms with Crippen LogP contribution in [0.3, 0.4) is 0 Å². The Balaban J connectivity index is 1.65. The lowest BCUT2D eigenvalue weighted by Crippen LogP contribution is -2.24. The topological polar surface area (TPSA) is 87.3 Å². The Kier molecular flexibility index (Phi) is 4.64. The van der Waals surface area contributed by atoms with Crippen molar-refractivity contribution >= 4 is 40.1 Å². The maximum Gasteiger partial charge on any atom is 0.414 e. The molecule has 0 bridgehead atoms. The summed E-state index contributed by atoms with van der Waals surface area (Å²) in [5, 5.41) is 4.35. The summed E-state index contributed by atoms with van der Waals surface area (Å²) in [4.78, 5) is 32.1. The van der Waals surface area contributed by atoms with Crippen LogP contribution in [0, 0.1) is 5.95 Å². The fourth-order valence-electron chi connectivity index (χ4n) is 3.16. The van der Waals surface area contributed by atoms with Crippen molar-refractivity contribution in [2.24, 2.45) is 0 Å². The summed E-state index contributed by atoms with van der Waals surface area (Å²) in [5.41, 5.74) is 1.19. The van der Waals surface area contributed by atoms with Crippen molar-refractivity contribution in [1.29, 1.82) is 0 Å². The van der Waals surface area contributed by atoms with E-state index in [2.05, 4.69) is 15.3 Å². The highest BCUT2D eigenvalue weighted by Crippen LogP contribution is 2.25. The average molecular weight is 403 g/mol. The number of halogens is 2. The van der Waals surface area contributed by atoms with E-state index in [1.165, 1.54) is 11.0 Å². The van der Waals surface area contributed by atoms with Crippen LogP contribution in [0.25, 0.3) is 10.9 Å². The van der Waals surface area contributed by atoms with Gasteiger partial charge in [-0.05, 0) is 31.2 Å². The van der Waals surface area contributed by atoms with E-state index in [-0.39, 0.29) is 18.0 Å². The van der Waals surface area contributed by atoms with E-state index >= 15 is 0 Å². The van der Waals surface area contributed by atoms with Gasteiger partial charge < -0.3 is 15.0 Å². The molecule has 0 unspecified atom stereocenters. The molecule has 3 aromatic rings. The average Bonchev–Trinajstić information content (AvgIpc) is 3.07. The number of benzene rings is 1. The molecule has 2 aromatic heterocycles. The fourth-order valence-corrected chi connectivity index (χ4v) is 3.34. The molecule has 1 aliphatic heterocycles. The molecule has 7 nitrogen and oxygen atoms in total. The van der Waals surface area contributed by atoms with Crippen LogP contribution < -0.4 is 15.8 Å². The number of cyclic esters (lactones) is 1. The number of hydrogen-bond donors (Lipinski definition) is 2. The van der Waals surface area contributed by atoms with Gasteiger partial charge in [0.05, 0.1) is 18.3 Å². The molecule has 0 saturated carbocycles. The van der Waals surface area contributed by atoms with E-state index in [0.29, 0.717) is 28.3 Å². The van der Waals surface area contributed by atoms with E-state index in [4.69, 9.17) is 16.3 Å². The maximum absolute atomic E-state index is 14.0. The molecule has 0 spiro atoms. The molecule has 0 aliphatic carbocycles. The summed E-state index contributed by atoms with van der Waals surface area (Å²) in [6.07, 6.45) is -0.535. The molecule has 28 heavy (non-hydrogen) atoms. The number of carbonyl (C=O) groups excluding carboxylic acids is 1. The van der Waals surface area contributed by atoms with Gasteiger partial charge in [0.2, 0.25) is 5.95 Å². The van der Waals surface area contributed by atoms with Crippen LogP contribution in [0.4, 0.5) is 20.7 Å². The first kappa shape index (κ1) is 18.2. The Bertz CT molecular complexity index is 1130. The van der Waals surface area contributed by atoms with Gasteiger partial charge >= 0.3 is 6.09 Å². The molecule has 2 N–H and O–H groups in total. The number of hydrogen-bond acceptors (Lipinski definition) is 5. The SMILES string of the molecule is C[C@H](Nc1cc(N2CCOC2=O)cc(F)n1)c1cc2cc(Cl)ccc2[nH]c1=O. The molecule has 1 aliphatic rings. The second kappa shape index (κ2) is 7.12. The highest BCUT2D eigenvalue weighted by atomic mass is 35.5. The zero-order valence-corrected chi connectivity index (χ0v) is 15.6. The molecular weight excluding hydrogens is 387 g/mol. The molecule has 1 atom stereocenters. The van der Waals surface area contributed by atoms with Gasteiger partial charge in [0.15, 0.2) is 0 Å². The third-order valence-electron chi connectivity index (χ3n) is 4.52. The second-order valence-electron chi connectivity index (χ2n) is 6.45. The van der Waals surface area contributed by atoms with Crippen molar-refractivity contribution < 1.29 is 13.9 Å². The molecule has 3 heterocycles. The minimum atomic E-state index is -0.744. The number of aromatic nitrogens is 2. The minimum absolute atomic E-state index is 0.202. The van der Waals surface area contributed by atoms with Crippen LogP contribution in [-0.4, -0.2) is 29.2 Å². The minimum Gasteiger partial charge on any atom is -0.447 e. The number of aromatic amines is 1. The molecule has 1 fully saturated rings. The highest BCUT2D eigenvalue weighted by molar-refractivity contribution is 6.31. The molecule has 0 radical (unpaired) electrons. The van der Waals surface area contributed by atoms with Crippen LogP contribution in [0.1, 0.15) is 18.5 Å². The van der Waals surface area contributed by atoms with Crippen molar-refractivity contribution in [3.05, 3.63) is 63.3 Å². The van der Waals surface area contributed by atoms with E-state index in [1.54, 1.807) is 31.2 Å². The van der Waals surface area contributed by atoms with Gasteiger partial charge in [0.25, 0.3) is 5.56 Å². The third-order valence-corrected chi connectivity index (χ3v) is 4.75. The standard InChI is InChI=1S/C19H16ClFN4O3/c1-10(14-7-11-6-12(20)2-3-15(11)23-18(14)26)22-17-9-13(8-16(21)24-17)25-4-5-28-19(25)27/h2-3,6-10H,4-5H2,1H3,(H,22,24)(H,23,26)/t10-/m0/s1. The van der Waals surface area contributed by atoms with Gasteiger partial charge in [0, 0.05) is 33.6 Å². The van der Waals surface area contributed by atoms with Crippen molar-refractivity contribution in [3.63, 3.8) is 0 Å². The zero-order valence-electron chi connectivity index (χ0n) is 14.8. The number of H-pyrrole nitrogens is 1. The number of fused-ring (bicyclic) bond motifs is 1. The first-order valence-corrected chi connectivity index (χ1v) is 8.99. The van der Waals surface area contributed by atoms with E-state index in [9.17, 15) is 14.0 Å². The summed E-state index contributed by atoms with van der Waals surface area (Å²) < 4.78 is 18.9. The quantitative estimate of drug-likeness (QED) is 0.647. The molecule has 1 amide bonds. The summed E-state index contributed by atoms with van der Waals surface area (Å²) in [5.74, 6) is -0.543. The van der Waals surface area contributed by atoms with Crippen LogP contribution in [0.15, 0.2) is 41.2 Å². The van der Waals surface area contributed by atoms with Gasteiger partial charge in [-0.25, -0.2) is 9.78 Å². The smallest absolute Gasteiger partial charge is 0.414 e. The number of pyridine rings is 2. The lowest BCUT2D eigenvalue weighted by Gasteiger charge is -2.18. The van der Waals surface area contributed by atoms with E-state index < -0.39 is 18.1 Å². The Morgan fingerprint density at radius 3 is 2.86 bits per heavy atom. The van der Waals surface area contributed by atoms with Crippen LogP contribution >= 0.6 is 11.6 Å². The highest BCUT2D eigenvalue weighted by Gasteiger charge is 2.25. The van der Waals surface area contributed by atoms with Crippen molar-refractivity contribution in [3.8, 4) is 0 Å².